The Balaban J connectivity index is 1.70. The fourth-order valence-electron chi connectivity index (χ4n) is 3.49. The molecule has 31 heavy (non-hydrogen) atoms. The molecule has 0 N–H and O–H groups in total. The van der Waals surface area contributed by atoms with Gasteiger partial charge in [-0.25, -0.2) is 17.6 Å². The van der Waals surface area contributed by atoms with Crippen LogP contribution in [0.1, 0.15) is 36.5 Å². The fourth-order valence-corrected chi connectivity index (χ4v) is 5.37. The number of carbonyl (C=O) groups excluding carboxylic acids is 1. The van der Waals surface area contributed by atoms with Crippen molar-refractivity contribution in [2.75, 3.05) is 26.9 Å². The van der Waals surface area contributed by atoms with Crippen molar-refractivity contribution in [2.24, 2.45) is 0 Å². The summed E-state index contributed by atoms with van der Waals surface area (Å²) in [5.74, 6) is -0.988. The van der Waals surface area contributed by atoms with Crippen LogP contribution < -0.4 is 9.47 Å². The van der Waals surface area contributed by atoms with Gasteiger partial charge in [0.05, 0.1) is 12.7 Å². The van der Waals surface area contributed by atoms with Gasteiger partial charge in [0.25, 0.3) is 0 Å². The topological polar surface area (TPSA) is 82.1 Å². The van der Waals surface area contributed by atoms with Gasteiger partial charge in [-0.1, -0.05) is 18.6 Å². The molecule has 1 fully saturated rings. The maximum Gasteiger partial charge on any atom is 0.338 e. The second kappa shape index (κ2) is 10.1. The van der Waals surface area contributed by atoms with E-state index in [1.165, 1.54) is 41.7 Å². The van der Waals surface area contributed by atoms with E-state index < -0.39 is 21.8 Å². The van der Waals surface area contributed by atoms with Crippen molar-refractivity contribution < 1.29 is 31.8 Å². The lowest BCUT2D eigenvalue weighted by molar-refractivity contribution is 0.0448. The Morgan fingerprint density at radius 1 is 1.13 bits per heavy atom. The zero-order valence-electron chi connectivity index (χ0n) is 17.5. The van der Waals surface area contributed by atoms with Gasteiger partial charge >= 0.3 is 5.97 Å². The van der Waals surface area contributed by atoms with Gasteiger partial charge in [0.1, 0.15) is 23.9 Å². The number of nitrogens with zero attached hydrogens (tertiary/aromatic N) is 1. The standard InChI is InChI=1S/C22H26FNO6S/c1-16-7-5-6-12-24(16)31(26,27)21-15-17(10-11-20(21)28-2)22(25)30-14-13-29-19-9-4-3-8-18(19)23/h3-4,8-11,15-16H,5-7,12-14H2,1-2H3. The van der Waals surface area contributed by atoms with Gasteiger partial charge in [0, 0.05) is 12.6 Å². The summed E-state index contributed by atoms with van der Waals surface area (Å²) in [7, 11) is -2.46. The predicted octanol–water partition coefficient (Wildman–Crippen LogP) is 3.63. The van der Waals surface area contributed by atoms with Crippen molar-refractivity contribution in [1.82, 2.24) is 4.31 Å². The highest BCUT2D eigenvalue weighted by Crippen LogP contribution is 2.31. The van der Waals surface area contributed by atoms with Crippen LogP contribution in [0.25, 0.3) is 0 Å². The third kappa shape index (κ3) is 5.34. The minimum absolute atomic E-state index is 0.0424. The summed E-state index contributed by atoms with van der Waals surface area (Å²) in [5.41, 5.74) is 0.0786. The van der Waals surface area contributed by atoms with Crippen molar-refractivity contribution >= 4 is 16.0 Å². The first-order valence-electron chi connectivity index (χ1n) is 10.1. The van der Waals surface area contributed by atoms with Crippen LogP contribution in [0.3, 0.4) is 0 Å². The quantitative estimate of drug-likeness (QED) is 0.450. The van der Waals surface area contributed by atoms with E-state index in [1.807, 2.05) is 6.92 Å². The number of halogens is 1. The van der Waals surface area contributed by atoms with E-state index in [0.29, 0.717) is 6.54 Å². The summed E-state index contributed by atoms with van der Waals surface area (Å²) in [6, 6.07) is 9.94. The molecule has 9 heteroatoms. The average molecular weight is 452 g/mol. The number of hydrogen-bond donors (Lipinski definition) is 0. The molecule has 0 saturated carbocycles. The first kappa shape index (κ1) is 23.0. The van der Waals surface area contributed by atoms with Crippen LogP contribution in [0.5, 0.6) is 11.5 Å². The molecular weight excluding hydrogens is 425 g/mol. The summed E-state index contributed by atoms with van der Waals surface area (Å²) in [6.45, 7) is 2.13. The second-order valence-corrected chi connectivity index (χ2v) is 9.10. The van der Waals surface area contributed by atoms with Crippen molar-refractivity contribution in [3.05, 3.63) is 53.8 Å². The highest BCUT2D eigenvalue weighted by atomic mass is 32.2. The minimum atomic E-state index is -3.84. The Morgan fingerprint density at radius 3 is 2.61 bits per heavy atom. The van der Waals surface area contributed by atoms with Gasteiger partial charge in [0.15, 0.2) is 11.6 Å². The van der Waals surface area contributed by atoms with E-state index in [9.17, 15) is 17.6 Å². The normalized spacial score (nSPS) is 17.2. The minimum Gasteiger partial charge on any atom is -0.495 e. The number of benzene rings is 2. The molecule has 2 aromatic carbocycles. The molecule has 0 spiro atoms. The summed E-state index contributed by atoms with van der Waals surface area (Å²) in [6.07, 6.45) is 2.55. The number of carbonyl (C=O) groups is 1. The van der Waals surface area contributed by atoms with E-state index in [-0.39, 0.29) is 41.2 Å². The highest BCUT2D eigenvalue weighted by molar-refractivity contribution is 7.89. The van der Waals surface area contributed by atoms with Gasteiger partial charge in [-0.05, 0) is 50.1 Å². The molecule has 0 bridgehead atoms. The van der Waals surface area contributed by atoms with E-state index in [1.54, 1.807) is 12.1 Å². The molecule has 1 unspecified atom stereocenters. The summed E-state index contributed by atoms with van der Waals surface area (Å²) >= 11 is 0. The molecule has 7 nitrogen and oxygen atoms in total. The van der Waals surface area contributed by atoms with E-state index in [0.717, 1.165) is 19.3 Å². The Hall–Kier alpha value is -2.65. The van der Waals surface area contributed by atoms with Crippen LogP contribution in [-0.2, 0) is 14.8 Å². The van der Waals surface area contributed by atoms with Crippen molar-refractivity contribution in [3.8, 4) is 11.5 Å². The second-order valence-electron chi connectivity index (χ2n) is 7.24. The zero-order valence-corrected chi connectivity index (χ0v) is 18.4. The Bertz CT molecular complexity index is 1030. The molecule has 3 rings (SSSR count). The predicted molar refractivity (Wildman–Crippen MR) is 112 cm³/mol. The maximum atomic E-state index is 13.5. The van der Waals surface area contributed by atoms with E-state index >= 15 is 0 Å². The summed E-state index contributed by atoms with van der Waals surface area (Å²) in [4.78, 5) is 12.4. The number of ether oxygens (including phenoxy) is 3. The molecule has 0 aliphatic carbocycles. The smallest absolute Gasteiger partial charge is 0.338 e. The summed E-state index contributed by atoms with van der Waals surface area (Å²) < 4.78 is 57.1. The molecule has 0 radical (unpaired) electrons. The molecule has 2 aromatic rings. The van der Waals surface area contributed by atoms with Crippen LogP contribution in [0.2, 0.25) is 0 Å². The van der Waals surface area contributed by atoms with Crippen LogP contribution in [0, 0.1) is 5.82 Å². The first-order valence-corrected chi connectivity index (χ1v) is 11.5. The van der Waals surface area contributed by atoms with E-state index in [2.05, 4.69) is 0 Å². The fraction of sp³-hybridized carbons (Fsp3) is 0.409. The van der Waals surface area contributed by atoms with Crippen molar-refractivity contribution in [2.45, 2.75) is 37.1 Å². The molecule has 1 aliphatic heterocycles. The Morgan fingerprint density at radius 2 is 1.90 bits per heavy atom. The number of rotatable bonds is 8. The number of piperidine rings is 1. The maximum absolute atomic E-state index is 13.5. The molecule has 1 aliphatic rings. The molecule has 1 heterocycles. The molecule has 1 saturated heterocycles. The molecule has 1 atom stereocenters. The van der Waals surface area contributed by atoms with Crippen LogP contribution in [-0.4, -0.2) is 51.6 Å². The SMILES string of the molecule is COc1ccc(C(=O)OCCOc2ccccc2F)cc1S(=O)(=O)N1CCCCC1C. The third-order valence-corrected chi connectivity index (χ3v) is 7.17. The molecule has 168 valence electrons. The van der Waals surface area contributed by atoms with E-state index in [4.69, 9.17) is 14.2 Å². The van der Waals surface area contributed by atoms with Crippen molar-refractivity contribution in [1.29, 1.82) is 0 Å². The number of para-hydroxylation sites is 1. The van der Waals surface area contributed by atoms with Gasteiger partial charge < -0.3 is 14.2 Å². The zero-order chi connectivity index (χ0) is 22.4. The lowest BCUT2D eigenvalue weighted by atomic mass is 10.1. The Labute approximate surface area is 181 Å². The number of hydrogen-bond acceptors (Lipinski definition) is 6. The first-order chi connectivity index (χ1) is 14.8. The molecular formula is C22H26FNO6S. The largest absolute Gasteiger partial charge is 0.495 e. The monoisotopic (exact) mass is 451 g/mol. The lowest BCUT2D eigenvalue weighted by Crippen LogP contribution is -2.42. The number of methoxy groups -OCH3 is 1. The van der Waals surface area contributed by atoms with Gasteiger partial charge in [-0.2, -0.15) is 4.31 Å². The highest BCUT2D eigenvalue weighted by Gasteiger charge is 2.33. The average Bonchev–Trinajstić information content (AvgIpc) is 2.77. The van der Waals surface area contributed by atoms with Gasteiger partial charge in [-0.15, -0.1) is 0 Å². The van der Waals surface area contributed by atoms with Crippen LogP contribution >= 0.6 is 0 Å². The van der Waals surface area contributed by atoms with Gasteiger partial charge in [0.2, 0.25) is 10.0 Å². The van der Waals surface area contributed by atoms with Crippen molar-refractivity contribution in [3.63, 3.8) is 0 Å². The lowest BCUT2D eigenvalue weighted by Gasteiger charge is -2.32. The number of esters is 1. The third-order valence-electron chi connectivity index (χ3n) is 5.14. The summed E-state index contributed by atoms with van der Waals surface area (Å²) in [5, 5.41) is 0. The van der Waals surface area contributed by atoms with Gasteiger partial charge in [-0.3, -0.25) is 0 Å². The van der Waals surface area contributed by atoms with Crippen LogP contribution in [0.4, 0.5) is 4.39 Å². The van der Waals surface area contributed by atoms with Crippen LogP contribution in [0.15, 0.2) is 47.4 Å². The molecule has 0 amide bonds. The Kier molecular flexibility index (Phi) is 7.50. The molecule has 0 aromatic heterocycles. The number of sulfonamides is 1.